The molecule has 0 aliphatic heterocycles. The normalized spacial score (nSPS) is 11.4. The van der Waals surface area contributed by atoms with E-state index in [-0.39, 0.29) is 29.4 Å². The molecular formula is C16H15F3N2O3S. The monoisotopic (exact) mass is 372 g/mol. The third-order valence-corrected chi connectivity index (χ3v) is 4.30. The van der Waals surface area contributed by atoms with Crippen LogP contribution in [0.25, 0.3) is 0 Å². The number of rotatable bonds is 6. The van der Waals surface area contributed by atoms with Crippen LogP contribution in [0.5, 0.6) is 0 Å². The van der Waals surface area contributed by atoms with Crippen LogP contribution in [0.15, 0.2) is 29.6 Å². The number of carboxylic acid groups (broad SMARTS) is 1. The number of halogens is 3. The van der Waals surface area contributed by atoms with Crippen LogP contribution in [-0.4, -0.2) is 33.9 Å². The van der Waals surface area contributed by atoms with E-state index in [1.54, 1.807) is 12.1 Å². The van der Waals surface area contributed by atoms with E-state index in [4.69, 9.17) is 5.11 Å². The SMILES string of the molecule is CN(Cc1nc(C(F)(F)F)cs1)C(=O)CCc1ccc(C(=O)O)cc1. The summed E-state index contributed by atoms with van der Waals surface area (Å²) in [6.07, 6.45) is -3.91. The lowest BCUT2D eigenvalue weighted by Gasteiger charge is -2.15. The van der Waals surface area contributed by atoms with Crippen LogP contribution in [0.3, 0.4) is 0 Å². The average Bonchev–Trinajstić information content (AvgIpc) is 3.01. The molecule has 1 aromatic heterocycles. The van der Waals surface area contributed by atoms with E-state index in [1.165, 1.54) is 24.1 Å². The van der Waals surface area contributed by atoms with Gasteiger partial charge in [0.1, 0.15) is 5.01 Å². The first kappa shape index (κ1) is 18.9. The molecule has 0 saturated carbocycles. The highest BCUT2D eigenvalue weighted by Gasteiger charge is 2.33. The molecule has 1 aromatic carbocycles. The van der Waals surface area contributed by atoms with E-state index in [0.717, 1.165) is 22.3 Å². The van der Waals surface area contributed by atoms with Gasteiger partial charge in [-0.15, -0.1) is 11.3 Å². The number of aryl methyl sites for hydroxylation is 1. The van der Waals surface area contributed by atoms with E-state index < -0.39 is 17.8 Å². The summed E-state index contributed by atoms with van der Waals surface area (Å²) in [6, 6.07) is 6.18. The van der Waals surface area contributed by atoms with Crippen molar-refractivity contribution in [1.29, 1.82) is 0 Å². The first-order valence-electron chi connectivity index (χ1n) is 7.24. The maximum Gasteiger partial charge on any atom is 0.434 e. The number of hydrogen-bond donors (Lipinski definition) is 1. The summed E-state index contributed by atoms with van der Waals surface area (Å²) in [6.45, 7) is 0.0114. The zero-order valence-electron chi connectivity index (χ0n) is 13.2. The summed E-state index contributed by atoms with van der Waals surface area (Å²) < 4.78 is 37.5. The molecule has 0 radical (unpaired) electrons. The summed E-state index contributed by atoms with van der Waals surface area (Å²) >= 11 is 0.860. The second-order valence-corrected chi connectivity index (χ2v) is 6.32. The van der Waals surface area contributed by atoms with Crippen LogP contribution in [0, 0.1) is 0 Å². The Bertz CT molecular complexity index is 757. The molecule has 0 aliphatic rings. The van der Waals surface area contributed by atoms with Gasteiger partial charge in [-0.1, -0.05) is 12.1 Å². The fourth-order valence-corrected chi connectivity index (χ4v) is 2.91. The van der Waals surface area contributed by atoms with Gasteiger partial charge in [-0.25, -0.2) is 9.78 Å². The Labute approximate surface area is 145 Å². The molecule has 2 rings (SSSR count). The van der Waals surface area contributed by atoms with Crippen molar-refractivity contribution in [2.24, 2.45) is 0 Å². The number of alkyl halides is 3. The van der Waals surface area contributed by atoms with E-state index in [0.29, 0.717) is 6.42 Å². The predicted molar refractivity (Wildman–Crippen MR) is 85.3 cm³/mol. The van der Waals surface area contributed by atoms with Gasteiger partial charge in [0.2, 0.25) is 5.91 Å². The van der Waals surface area contributed by atoms with Gasteiger partial charge in [-0.2, -0.15) is 13.2 Å². The summed E-state index contributed by atoms with van der Waals surface area (Å²) in [7, 11) is 1.50. The molecule has 9 heteroatoms. The number of carbonyl (C=O) groups is 2. The minimum absolute atomic E-state index is 0.0114. The Hall–Kier alpha value is -2.42. The van der Waals surface area contributed by atoms with Crippen molar-refractivity contribution in [3.05, 3.63) is 51.5 Å². The third-order valence-electron chi connectivity index (χ3n) is 3.47. The fourth-order valence-electron chi connectivity index (χ4n) is 2.06. The van der Waals surface area contributed by atoms with Gasteiger partial charge >= 0.3 is 12.1 Å². The molecule has 0 aliphatic carbocycles. The van der Waals surface area contributed by atoms with Crippen molar-refractivity contribution < 1.29 is 27.9 Å². The largest absolute Gasteiger partial charge is 0.478 e. The molecule has 0 bridgehead atoms. The molecule has 0 spiro atoms. The summed E-state index contributed by atoms with van der Waals surface area (Å²) in [5.74, 6) is -1.25. The van der Waals surface area contributed by atoms with Crippen LogP contribution < -0.4 is 0 Å². The first-order chi connectivity index (χ1) is 11.7. The summed E-state index contributed by atoms with van der Waals surface area (Å²) in [4.78, 5) is 27.7. The first-order valence-corrected chi connectivity index (χ1v) is 8.12. The molecule has 1 N–H and O–H groups in total. The standard InChI is InChI=1S/C16H15F3N2O3S/c1-21(8-13-20-12(9-25-13)16(17,18)19)14(22)7-4-10-2-5-11(6-3-10)15(23)24/h2-3,5-6,9H,4,7-8H2,1H3,(H,23,24). The van der Waals surface area contributed by atoms with E-state index in [1.807, 2.05) is 0 Å². The maximum absolute atomic E-state index is 12.5. The number of carbonyl (C=O) groups excluding carboxylic acids is 1. The highest BCUT2D eigenvalue weighted by Crippen LogP contribution is 2.30. The van der Waals surface area contributed by atoms with Gasteiger partial charge in [0, 0.05) is 18.8 Å². The molecule has 5 nitrogen and oxygen atoms in total. The number of aromatic carboxylic acids is 1. The summed E-state index contributed by atoms with van der Waals surface area (Å²) in [5.41, 5.74) is 0.0173. The maximum atomic E-state index is 12.5. The molecule has 0 fully saturated rings. The number of benzene rings is 1. The fraction of sp³-hybridized carbons (Fsp3) is 0.312. The van der Waals surface area contributed by atoms with E-state index in [2.05, 4.69) is 4.98 Å². The Morgan fingerprint density at radius 1 is 1.24 bits per heavy atom. The van der Waals surface area contributed by atoms with Crippen LogP contribution in [0.4, 0.5) is 13.2 Å². The van der Waals surface area contributed by atoms with Crippen molar-refractivity contribution >= 4 is 23.2 Å². The van der Waals surface area contributed by atoms with Crippen LogP contribution in [-0.2, 0) is 23.9 Å². The Kier molecular flexibility index (Phi) is 5.78. The Balaban J connectivity index is 1.87. The van der Waals surface area contributed by atoms with Crippen LogP contribution in [0.1, 0.15) is 33.0 Å². The number of carboxylic acids is 1. The zero-order valence-corrected chi connectivity index (χ0v) is 14.0. The number of aromatic nitrogens is 1. The molecule has 0 atom stereocenters. The smallest absolute Gasteiger partial charge is 0.434 e. The highest BCUT2D eigenvalue weighted by molar-refractivity contribution is 7.09. The zero-order chi connectivity index (χ0) is 18.6. The number of nitrogens with zero attached hydrogens (tertiary/aromatic N) is 2. The van der Waals surface area contributed by atoms with Gasteiger partial charge in [0.05, 0.1) is 12.1 Å². The van der Waals surface area contributed by atoms with Gasteiger partial charge < -0.3 is 10.0 Å². The average molecular weight is 372 g/mol. The van der Waals surface area contributed by atoms with Crippen molar-refractivity contribution in [2.45, 2.75) is 25.6 Å². The van der Waals surface area contributed by atoms with Gasteiger partial charge in [0.25, 0.3) is 0 Å². The molecular weight excluding hydrogens is 357 g/mol. The van der Waals surface area contributed by atoms with Gasteiger partial charge in [-0.3, -0.25) is 4.79 Å². The van der Waals surface area contributed by atoms with Crippen LogP contribution >= 0.6 is 11.3 Å². The van der Waals surface area contributed by atoms with Gasteiger partial charge in [0.15, 0.2) is 5.69 Å². The minimum Gasteiger partial charge on any atom is -0.478 e. The highest BCUT2D eigenvalue weighted by atomic mass is 32.1. The quantitative estimate of drug-likeness (QED) is 0.843. The number of thiazole rings is 1. The topological polar surface area (TPSA) is 70.5 Å². The number of amides is 1. The molecule has 0 unspecified atom stereocenters. The Morgan fingerprint density at radius 3 is 2.40 bits per heavy atom. The van der Waals surface area contributed by atoms with Crippen molar-refractivity contribution in [3.63, 3.8) is 0 Å². The predicted octanol–water partition coefficient (Wildman–Crippen LogP) is 3.45. The summed E-state index contributed by atoms with van der Waals surface area (Å²) in [5, 5.41) is 9.97. The van der Waals surface area contributed by atoms with E-state index in [9.17, 15) is 22.8 Å². The third kappa shape index (κ3) is 5.28. The molecule has 0 saturated heterocycles. The molecule has 2 aromatic rings. The van der Waals surface area contributed by atoms with Gasteiger partial charge in [-0.05, 0) is 24.1 Å². The Morgan fingerprint density at radius 2 is 1.88 bits per heavy atom. The lowest BCUT2D eigenvalue weighted by molar-refractivity contribution is -0.140. The second-order valence-electron chi connectivity index (χ2n) is 5.38. The van der Waals surface area contributed by atoms with Crippen LogP contribution in [0.2, 0.25) is 0 Å². The number of hydrogen-bond acceptors (Lipinski definition) is 4. The lowest BCUT2D eigenvalue weighted by atomic mass is 10.1. The molecule has 134 valence electrons. The van der Waals surface area contributed by atoms with Crippen molar-refractivity contribution in [2.75, 3.05) is 7.05 Å². The van der Waals surface area contributed by atoms with E-state index >= 15 is 0 Å². The van der Waals surface area contributed by atoms with Crippen molar-refractivity contribution in [1.82, 2.24) is 9.88 Å². The lowest BCUT2D eigenvalue weighted by Crippen LogP contribution is -2.26. The molecule has 25 heavy (non-hydrogen) atoms. The second kappa shape index (κ2) is 7.64. The molecule has 1 amide bonds. The minimum atomic E-state index is -4.49. The molecule has 1 heterocycles. The van der Waals surface area contributed by atoms with Crippen molar-refractivity contribution in [3.8, 4) is 0 Å².